The number of amides is 2. The highest BCUT2D eigenvalue weighted by Gasteiger charge is 2.30. The number of nitrogens with zero attached hydrogens (tertiary/aromatic N) is 2. The number of sulfonamides is 1. The van der Waals surface area contributed by atoms with Gasteiger partial charge in [0.2, 0.25) is 21.8 Å². The van der Waals surface area contributed by atoms with E-state index in [1.807, 2.05) is 37.3 Å². The summed E-state index contributed by atoms with van der Waals surface area (Å²) >= 11 is 0. The van der Waals surface area contributed by atoms with E-state index in [9.17, 15) is 18.0 Å². The number of unbranched alkanes of at least 4 members (excludes halogenated alkanes) is 1. The molecule has 3 aromatic carbocycles. The molecule has 0 aliphatic rings. The van der Waals surface area contributed by atoms with Crippen molar-refractivity contribution in [2.75, 3.05) is 30.8 Å². The predicted octanol–water partition coefficient (Wildman–Crippen LogP) is 4.59. The minimum absolute atomic E-state index is 0.118. The summed E-state index contributed by atoms with van der Waals surface area (Å²) in [5, 5.41) is 2.87. The number of carbonyl (C=O) groups is 2. The van der Waals surface area contributed by atoms with Gasteiger partial charge in [0, 0.05) is 13.1 Å². The molecule has 214 valence electrons. The Morgan fingerprint density at radius 2 is 1.50 bits per heavy atom. The molecule has 40 heavy (non-hydrogen) atoms. The number of para-hydroxylation sites is 1. The van der Waals surface area contributed by atoms with Crippen molar-refractivity contribution in [3.63, 3.8) is 0 Å². The van der Waals surface area contributed by atoms with Crippen LogP contribution in [-0.2, 0) is 26.2 Å². The molecular formula is C30H37N3O6S. The lowest BCUT2D eigenvalue weighted by molar-refractivity contribution is -0.139. The number of benzene rings is 3. The van der Waals surface area contributed by atoms with Gasteiger partial charge in [0.15, 0.2) is 0 Å². The Kier molecular flexibility index (Phi) is 11.0. The van der Waals surface area contributed by atoms with Crippen LogP contribution in [0.4, 0.5) is 5.69 Å². The van der Waals surface area contributed by atoms with Crippen LogP contribution >= 0.6 is 0 Å². The Labute approximate surface area is 236 Å². The number of hydrogen-bond donors (Lipinski definition) is 1. The number of hydrogen-bond acceptors (Lipinski definition) is 6. The summed E-state index contributed by atoms with van der Waals surface area (Å²) in [5.41, 5.74) is 1.08. The first-order chi connectivity index (χ1) is 19.1. The summed E-state index contributed by atoms with van der Waals surface area (Å²) in [5.74, 6) is 1.02. The maximum absolute atomic E-state index is 13.7. The van der Waals surface area contributed by atoms with E-state index in [-0.39, 0.29) is 12.5 Å². The van der Waals surface area contributed by atoms with E-state index in [0.29, 0.717) is 29.5 Å². The highest BCUT2D eigenvalue weighted by atomic mass is 32.2. The Morgan fingerprint density at radius 3 is 2.08 bits per heavy atom. The minimum Gasteiger partial charge on any atom is -0.497 e. The van der Waals surface area contributed by atoms with Crippen molar-refractivity contribution in [2.24, 2.45) is 0 Å². The van der Waals surface area contributed by atoms with Crippen LogP contribution in [0.5, 0.6) is 17.2 Å². The van der Waals surface area contributed by atoms with Crippen LogP contribution in [0.3, 0.4) is 0 Å². The largest absolute Gasteiger partial charge is 0.497 e. The van der Waals surface area contributed by atoms with Gasteiger partial charge >= 0.3 is 0 Å². The molecule has 10 heteroatoms. The van der Waals surface area contributed by atoms with Crippen molar-refractivity contribution in [2.45, 2.75) is 39.3 Å². The summed E-state index contributed by atoms with van der Waals surface area (Å²) in [6.07, 6.45) is 2.78. The first-order valence-electron chi connectivity index (χ1n) is 13.1. The van der Waals surface area contributed by atoms with E-state index >= 15 is 0 Å². The Morgan fingerprint density at radius 1 is 0.900 bits per heavy atom. The minimum atomic E-state index is -3.84. The zero-order valence-corrected chi connectivity index (χ0v) is 24.2. The van der Waals surface area contributed by atoms with E-state index in [4.69, 9.17) is 9.47 Å². The van der Waals surface area contributed by atoms with Crippen LogP contribution in [0.25, 0.3) is 0 Å². The highest BCUT2D eigenvalue weighted by molar-refractivity contribution is 7.92. The second kappa shape index (κ2) is 14.4. The van der Waals surface area contributed by atoms with Crippen LogP contribution in [0, 0.1) is 0 Å². The van der Waals surface area contributed by atoms with Gasteiger partial charge in [-0.25, -0.2) is 8.42 Å². The van der Waals surface area contributed by atoms with Crippen LogP contribution in [0.15, 0.2) is 78.9 Å². The quantitative estimate of drug-likeness (QED) is 0.286. The number of rotatable bonds is 14. The SMILES string of the molecule is CCCCNC(=O)[C@@H](C)N(Cc1ccc(OC)cc1)C(=O)CN(c1ccc(Oc2ccccc2)cc1)S(C)(=O)=O. The van der Waals surface area contributed by atoms with Crippen LogP contribution in [-0.4, -0.2) is 57.6 Å². The molecule has 3 rings (SSSR count). The second-order valence-electron chi connectivity index (χ2n) is 9.37. The summed E-state index contributed by atoms with van der Waals surface area (Å²) in [6.45, 7) is 3.81. The molecule has 0 aliphatic heterocycles. The number of carbonyl (C=O) groups excluding carboxylic acids is 2. The lowest BCUT2D eigenvalue weighted by Crippen LogP contribution is -2.51. The van der Waals surface area contributed by atoms with Gasteiger partial charge in [-0.2, -0.15) is 0 Å². The highest BCUT2D eigenvalue weighted by Crippen LogP contribution is 2.26. The van der Waals surface area contributed by atoms with E-state index in [1.165, 1.54) is 4.90 Å². The average molecular weight is 568 g/mol. The smallest absolute Gasteiger partial charge is 0.244 e. The number of nitrogens with one attached hydrogen (secondary N) is 1. The Bertz CT molecular complexity index is 1350. The predicted molar refractivity (Wildman–Crippen MR) is 156 cm³/mol. The van der Waals surface area contributed by atoms with E-state index in [2.05, 4.69) is 5.32 Å². The fourth-order valence-corrected chi connectivity index (χ4v) is 4.81. The fourth-order valence-electron chi connectivity index (χ4n) is 3.97. The Balaban J connectivity index is 1.84. The monoisotopic (exact) mass is 567 g/mol. The van der Waals surface area contributed by atoms with Gasteiger partial charge in [-0.3, -0.25) is 13.9 Å². The lowest BCUT2D eigenvalue weighted by Gasteiger charge is -2.31. The van der Waals surface area contributed by atoms with Gasteiger partial charge in [0.25, 0.3) is 0 Å². The molecule has 0 bridgehead atoms. The lowest BCUT2D eigenvalue weighted by atomic mass is 10.1. The molecule has 9 nitrogen and oxygen atoms in total. The maximum Gasteiger partial charge on any atom is 0.244 e. The third-order valence-electron chi connectivity index (χ3n) is 6.29. The topological polar surface area (TPSA) is 105 Å². The van der Waals surface area contributed by atoms with E-state index in [1.54, 1.807) is 62.6 Å². The normalized spacial score (nSPS) is 11.8. The number of anilines is 1. The van der Waals surface area contributed by atoms with Crippen LogP contribution < -0.4 is 19.1 Å². The van der Waals surface area contributed by atoms with Crippen molar-refractivity contribution in [1.82, 2.24) is 10.2 Å². The summed E-state index contributed by atoms with van der Waals surface area (Å²) in [7, 11) is -2.27. The third-order valence-corrected chi connectivity index (χ3v) is 7.43. The molecule has 0 fully saturated rings. The van der Waals surface area contributed by atoms with Gasteiger partial charge in [0.1, 0.15) is 29.8 Å². The van der Waals surface area contributed by atoms with E-state index in [0.717, 1.165) is 29.0 Å². The van der Waals surface area contributed by atoms with Gasteiger partial charge < -0.3 is 19.7 Å². The maximum atomic E-state index is 13.7. The molecule has 3 aromatic rings. The van der Waals surface area contributed by atoms with Crippen molar-refractivity contribution < 1.29 is 27.5 Å². The van der Waals surface area contributed by atoms with E-state index < -0.39 is 28.5 Å². The standard InChI is InChI=1S/C30H37N3O6S/c1-5-6-20-31-30(35)23(2)32(21-24-12-16-26(38-3)17-13-24)29(34)22-33(40(4,36)37)25-14-18-28(19-15-25)39-27-10-8-7-9-11-27/h7-19,23H,5-6,20-22H2,1-4H3,(H,31,35)/t23-/m1/s1. The average Bonchev–Trinajstić information content (AvgIpc) is 2.95. The summed E-state index contributed by atoms with van der Waals surface area (Å²) in [6, 6.07) is 22.0. The summed E-state index contributed by atoms with van der Waals surface area (Å²) < 4.78 is 37.7. The first-order valence-corrected chi connectivity index (χ1v) is 15.0. The number of ether oxygens (including phenoxy) is 2. The fraction of sp³-hybridized carbons (Fsp3) is 0.333. The zero-order valence-electron chi connectivity index (χ0n) is 23.4. The Hall–Kier alpha value is -4.05. The van der Waals surface area contributed by atoms with Gasteiger partial charge in [-0.15, -0.1) is 0 Å². The molecule has 1 N–H and O–H groups in total. The van der Waals surface area contributed by atoms with Crippen LogP contribution in [0.2, 0.25) is 0 Å². The molecule has 0 aromatic heterocycles. The van der Waals surface area contributed by atoms with Gasteiger partial charge in [-0.1, -0.05) is 43.7 Å². The zero-order chi connectivity index (χ0) is 29.1. The molecular weight excluding hydrogens is 530 g/mol. The second-order valence-corrected chi connectivity index (χ2v) is 11.3. The molecule has 0 unspecified atom stereocenters. The van der Waals surface area contributed by atoms with Gasteiger partial charge in [-0.05, 0) is 67.4 Å². The van der Waals surface area contributed by atoms with Crippen molar-refractivity contribution in [3.8, 4) is 17.2 Å². The van der Waals surface area contributed by atoms with Crippen molar-refractivity contribution in [1.29, 1.82) is 0 Å². The van der Waals surface area contributed by atoms with Crippen molar-refractivity contribution >= 4 is 27.5 Å². The van der Waals surface area contributed by atoms with Gasteiger partial charge in [0.05, 0.1) is 19.1 Å². The molecule has 1 atom stereocenters. The first kappa shape index (κ1) is 30.5. The molecule has 0 aliphatic carbocycles. The van der Waals surface area contributed by atoms with Crippen molar-refractivity contribution in [3.05, 3.63) is 84.4 Å². The third kappa shape index (κ3) is 8.74. The molecule has 0 saturated heterocycles. The molecule has 0 spiro atoms. The number of methoxy groups -OCH3 is 1. The summed E-state index contributed by atoms with van der Waals surface area (Å²) in [4.78, 5) is 28.0. The molecule has 0 saturated carbocycles. The molecule has 0 radical (unpaired) electrons. The molecule has 0 heterocycles. The molecule has 2 amide bonds. The van der Waals surface area contributed by atoms with Crippen LogP contribution in [0.1, 0.15) is 32.3 Å².